The molecule has 158 valence electrons. The summed E-state index contributed by atoms with van der Waals surface area (Å²) in [4.78, 5) is 7.61. The number of rotatable bonds is 6. The Morgan fingerprint density at radius 3 is 2.61 bits per heavy atom. The molecule has 2 aromatic heterocycles. The van der Waals surface area contributed by atoms with E-state index in [0.717, 1.165) is 40.3 Å². The van der Waals surface area contributed by atoms with E-state index in [1.165, 1.54) is 5.56 Å². The number of halogens is 2. The zero-order chi connectivity index (χ0) is 20.2. The average Bonchev–Trinajstić information content (AvgIpc) is 3.47. The first kappa shape index (κ1) is 23.8. The summed E-state index contributed by atoms with van der Waals surface area (Å²) in [5.41, 5.74) is 13.5. The minimum atomic E-state index is 0. The van der Waals surface area contributed by atoms with Gasteiger partial charge in [0.1, 0.15) is 6.21 Å². The van der Waals surface area contributed by atoms with Gasteiger partial charge in [0.05, 0.1) is 12.0 Å². The molecule has 1 aliphatic rings. The van der Waals surface area contributed by atoms with Gasteiger partial charge in [0.15, 0.2) is 5.70 Å². The number of nitrogens with one attached hydrogen (secondary N) is 1. The molecule has 0 saturated carbocycles. The highest BCUT2D eigenvalue weighted by Crippen LogP contribution is 2.27. The number of aromatic amines is 1. The normalized spacial score (nSPS) is 14.3. The first-order chi connectivity index (χ1) is 14.2. The van der Waals surface area contributed by atoms with Crippen molar-refractivity contribution < 1.29 is 13.9 Å². The van der Waals surface area contributed by atoms with E-state index in [1.807, 2.05) is 29.1 Å². The standard InChI is InChI=1S/C23H23BN5.2FH/c1-17-15-19(27-23(17)21(10-11-25)22-3-2-13-29(22)24)7-4-18-5-8-20(9-6-18)28-14-12-26-16-28;;/h2-9,12-16,27H,10-11,25H2,1H3;2*1H/q+1;;. The number of aromatic nitrogens is 3. The number of H-pyrrole nitrogens is 1. The van der Waals surface area contributed by atoms with Crippen LogP contribution in [0.15, 0.2) is 66.9 Å². The number of hydrogen-bond acceptors (Lipinski definition) is 2. The minimum absolute atomic E-state index is 0. The molecule has 0 fully saturated rings. The van der Waals surface area contributed by atoms with Crippen molar-refractivity contribution in [3.63, 3.8) is 0 Å². The van der Waals surface area contributed by atoms with Crippen LogP contribution >= 0.6 is 0 Å². The Labute approximate surface area is 181 Å². The van der Waals surface area contributed by atoms with E-state index in [0.29, 0.717) is 6.54 Å². The van der Waals surface area contributed by atoms with Crippen molar-refractivity contribution in [2.24, 2.45) is 5.73 Å². The van der Waals surface area contributed by atoms with Crippen molar-refractivity contribution in [3.8, 4) is 5.69 Å². The first-order valence-electron chi connectivity index (χ1n) is 9.61. The Morgan fingerprint density at radius 1 is 1.23 bits per heavy atom. The Kier molecular flexibility index (Phi) is 8.04. The van der Waals surface area contributed by atoms with Crippen molar-refractivity contribution >= 4 is 31.9 Å². The van der Waals surface area contributed by atoms with Crippen molar-refractivity contribution in [2.45, 2.75) is 13.3 Å². The molecule has 1 aromatic carbocycles. The van der Waals surface area contributed by atoms with Crippen molar-refractivity contribution in [1.29, 1.82) is 0 Å². The fourth-order valence-corrected chi connectivity index (χ4v) is 3.52. The summed E-state index contributed by atoms with van der Waals surface area (Å²) < 4.78 is 3.62. The Bertz CT molecular complexity index is 1120. The number of allylic oxidation sites excluding steroid dienone is 2. The molecule has 0 bridgehead atoms. The van der Waals surface area contributed by atoms with Crippen LogP contribution in [-0.4, -0.2) is 39.8 Å². The molecule has 3 N–H and O–H groups in total. The van der Waals surface area contributed by atoms with Gasteiger partial charge in [-0.2, -0.15) is 0 Å². The van der Waals surface area contributed by atoms with Crippen LogP contribution in [-0.2, 0) is 0 Å². The molecule has 0 aliphatic carbocycles. The highest BCUT2D eigenvalue weighted by atomic mass is 19.0. The molecule has 0 saturated heterocycles. The zero-order valence-electron chi connectivity index (χ0n) is 17.2. The largest absolute Gasteiger partial charge is 0.586 e. The van der Waals surface area contributed by atoms with Gasteiger partial charge in [0.25, 0.3) is 0 Å². The maximum Gasteiger partial charge on any atom is 0.586 e. The molecule has 4 rings (SSSR count). The van der Waals surface area contributed by atoms with Gasteiger partial charge in [-0.15, -0.1) is 0 Å². The third kappa shape index (κ3) is 5.16. The predicted octanol–water partition coefficient (Wildman–Crippen LogP) is 3.78. The number of imidazole rings is 1. The summed E-state index contributed by atoms with van der Waals surface area (Å²) in [7, 11) is 6.07. The van der Waals surface area contributed by atoms with Crippen molar-refractivity contribution in [1.82, 2.24) is 14.5 Å². The van der Waals surface area contributed by atoms with Crippen LogP contribution in [0.25, 0.3) is 23.4 Å². The van der Waals surface area contributed by atoms with E-state index < -0.39 is 0 Å². The summed E-state index contributed by atoms with van der Waals surface area (Å²) in [5.74, 6) is 0. The number of hydrogen-bond donors (Lipinski definition) is 2. The van der Waals surface area contributed by atoms with Gasteiger partial charge in [-0.05, 0) is 55.3 Å². The third-order valence-electron chi connectivity index (χ3n) is 4.97. The van der Waals surface area contributed by atoms with Crippen LogP contribution in [0.3, 0.4) is 0 Å². The Hall–Kier alpha value is -3.52. The van der Waals surface area contributed by atoms with Crippen LogP contribution in [0, 0.1) is 6.92 Å². The SMILES string of the molecule is F.F.[B][N+]1=CC=CC1=C(CCN)c1[nH]c(/C=C/c2ccc(-n3ccnc3)cc2)cc1C. The molecule has 3 aromatic rings. The summed E-state index contributed by atoms with van der Waals surface area (Å²) in [6.45, 7) is 2.66. The summed E-state index contributed by atoms with van der Waals surface area (Å²) in [6, 6.07) is 10.5. The first-order valence-corrected chi connectivity index (χ1v) is 9.61. The van der Waals surface area contributed by atoms with E-state index in [1.54, 1.807) is 17.0 Å². The Morgan fingerprint density at radius 2 is 2.00 bits per heavy atom. The second kappa shape index (κ2) is 10.5. The second-order valence-electron chi connectivity index (χ2n) is 7.00. The fourth-order valence-electron chi connectivity index (χ4n) is 3.52. The monoisotopic (exact) mass is 420 g/mol. The van der Waals surface area contributed by atoms with Gasteiger partial charge >= 0.3 is 7.98 Å². The topological polar surface area (TPSA) is 62.6 Å². The summed E-state index contributed by atoms with van der Waals surface area (Å²) in [5, 5.41) is 0. The van der Waals surface area contributed by atoms with Crippen LogP contribution in [0.1, 0.15) is 28.9 Å². The van der Waals surface area contributed by atoms with Crippen LogP contribution in [0.5, 0.6) is 0 Å². The quantitative estimate of drug-likeness (QED) is 0.597. The van der Waals surface area contributed by atoms with Crippen molar-refractivity contribution in [3.05, 3.63) is 89.4 Å². The molecule has 0 amide bonds. The van der Waals surface area contributed by atoms with E-state index in [2.05, 4.69) is 59.4 Å². The zero-order valence-corrected chi connectivity index (χ0v) is 17.2. The van der Waals surface area contributed by atoms with Gasteiger partial charge in [-0.3, -0.25) is 13.9 Å². The Balaban J connectivity index is 0.00000171. The molecule has 5 nitrogen and oxygen atoms in total. The molecule has 0 atom stereocenters. The van der Waals surface area contributed by atoms with Crippen LogP contribution in [0.4, 0.5) is 9.41 Å². The molecule has 3 heterocycles. The van der Waals surface area contributed by atoms with Crippen LogP contribution in [0.2, 0.25) is 0 Å². The summed E-state index contributed by atoms with van der Waals surface area (Å²) in [6.07, 6.45) is 16.2. The maximum absolute atomic E-state index is 6.07. The van der Waals surface area contributed by atoms with E-state index in [9.17, 15) is 0 Å². The number of nitrogens with zero attached hydrogens (tertiary/aromatic N) is 3. The van der Waals surface area contributed by atoms with Gasteiger partial charge < -0.3 is 15.3 Å². The highest BCUT2D eigenvalue weighted by Gasteiger charge is 2.20. The molecular formula is C23H25BF2N5+. The smallest absolute Gasteiger partial charge is 0.355 e. The molecule has 0 spiro atoms. The molecule has 31 heavy (non-hydrogen) atoms. The maximum atomic E-state index is 6.07. The lowest BCUT2D eigenvalue weighted by Crippen LogP contribution is -2.09. The lowest BCUT2D eigenvalue weighted by Gasteiger charge is -2.07. The average molecular weight is 420 g/mol. The van der Waals surface area contributed by atoms with Crippen molar-refractivity contribution in [2.75, 3.05) is 6.54 Å². The van der Waals surface area contributed by atoms with Gasteiger partial charge in [-0.1, -0.05) is 18.2 Å². The lowest BCUT2D eigenvalue weighted by atomic mass is 10.0. The second-order valence-corrected chi connectivity index (χ2v) is 7.00. The summed E-state index contributed by atoms with van der Waals surface area (Å²) >= 11 is 0. The van der Waals surface area contributed by atoms with Gasteiger partial charge in [-0.25, -0.2) is 4.98 Å². The molecule has 0 unspecified atom stereocenters. The van der Waals surface area contributed by atoms with Gasteiger partial charge in [0, 0.05) is 41.5 Å². The highest BCUT2D eigenvalue weighted by molar-refractivity contribution is 6.01. The predicted molar refractivity (Wildman–Crippen MR) is 125 cm³/mol. The van der Waals surface area contributed by atoms with E-state index >= 15 is 0 Å². The number of aryl methyl sites for hydroxylation is 1. The fraction of sp³-hybridized carbons (Fsp3) is 0.130. The molecule has 2 radical (unpaired) electrons. The van der Waals surface area contributed by atoms with Gasteiger partial charge in [0.2, 0.25) is 0 Å². The lowest BCUT2D eigenvalue weighted by molar-refractivity contribution is -0.294. The van der Waals surface area contributed by atoms with E-state index in [-0.39, 0.29) is 9.41 Å². The molecular weight excluding hydrogens is 395 g/mol. The van der Waals surface area contributed by atoms with Crippen LogP contribution < -0.4 is 5.73 Å². The minimum Gasteiger partial charge on any atom is -0.355 e. The third-order valence-corrected chi connectivity index (χ3v) is 4.97. The number of nitrogens with two attached hydrogens (primary N) is 1. The van der Waals surface area contributed by atoms with E-state index in [4.69, 9.17) is 13.7 Å². The molecule has 1 aliphatic heterocycles. The molecule has 8 heteroatoms. The number of benzene rings is 1.